The lowest BCUT2D eigenvalue weighted by Gasteiger charge is -2.28. The number of carbonyl (C=O) groups is 2. The number of rotatable bonds is 7. The van der Waals surface area contributed by atoms with E-state index < -0.39 is 12.0 Å². The molecule has 0 fully saturated rings. The van der Waals surface area contributed by atoms with Gasteiger partial charge in [-0.05, 0) is 32.2 Å². The average molecular weight is 408 g/mol. The van der Waals surface area contributed by atoms with Crippen molar-refractivity contribution in [2.45, 2.75) is 38.0 Å². The second kappa shape index (κ2) is 8.57. The fourth-order valence-corrected chi connectivity index (χ4v) is 4.47. The molecule has 27 heavy (non-hydrogen) atoms. The summed E-state index contributed by atoms with van der Waals surface area (Å²) in [5.74, 6) is -0.0705. The summed E-state index contributed by atoms with van der Waals surface area (Å²) in [5, 5.41) is 16.3. The molecule has 2 N–H and O–H groups in total. The molecular weight excluding hydrogens is 386 g/mol. The highest BCUT2D eigenvalue weighted by atomic mass is 32.2. The molecule has 2 aromatic rings. The Kier molecular flexibility index (Phi) is 6.17. The van der Waals surface area contributed by atoms with Crippen LogP contribution in [0.3, 0.4) is 0 Å². The molecule has 2 aromatic heterocycles. The second-order valence-electron chi connectivity index (χ2n) is 6.06. The Bertz CT molecular complexity index is 845. The first-order valence-electron chi connectivity index (χ1n) is 8.54. The van der Waals surface area contributed by atoms with E-state index in [1.807, 2.05) is 35.9 Å². The van der Waals surface area contributed by atoms with Crippen molar-refractivity contribution in [3.05, 3.63) is 40.0 Å². The maximum absolute atomic E-state index is 12.6. The number of carbonyl (C=O) groups excluding carboxylic acids is 2. The third-order valence-corrected chi connectivity index (χ3v) is 5.84. The molecule has 3 heterocycles. The highest BCUT2D eigenvalue weighted by Crippen LogP contribution is 2.32. The van der Waals surface area contributed by atoms with Gasteiger partial charge in [0.25, 0.3) is 0 Å². The standard InChI is InChI=1S/C17H21N5O3S2/c1-4-25-15(23)13-11(8-27-17-21-18-9-22(17)10(2)3)19-16(24)20-14(13)12-6-5-7-26-12/h5-7,9-10,14H,4,8H2,1-3H3,(H2,19,20,24)/t14-/m0/s1. The van der Waals surface area contributed by atoms with E-state index >= 15 is 0 Å². The normalized spacial score (nSPS) is 17.0. The summed E-state index contributed by atoms with van der Waals surface area (Å²) >= 11 is 2.89. The molecule has 0 unspecified atom stereocenters. The van der Waals surface area contributed by atoms with Crippen LogP contribution in [0.15, 0.2) is 40.3 Å². The molecule has 1 aliphatic rings. The van der Waals surface area contributed by atoms with E-state index in [4.69, 9.17) is 4.74 Å². The number of esters is 1. The van der Waals surface area contributed by atoms with E-state index in [0.29, 0.717) is 17.0 Å². The largest absolute Gasteiger partial charge is 0.463 e. The lowest BCUT2D eigenvalue weighted by Crippen LogP contribution is -2.46. The number of urea groups is 1. The molecule has 8 nitrogen and oxygen atoms in total. The van der Waals surface area contributed by atoms with Gasteiger partial charge in [0.05, 0.1) is 18.2 Å². The third-order valence-electron chi connectivity index (χ3n) is 3.92. The molecule has 0 aromatic carbocycles. The highest BCUT2D eigenvalue weighted by Gasteiger charge is 2.34. The Morgan fingerprint density at radius 3 is 2.96 bits per heavy atom. The van der Waals surface area contributed by atoms with E-state index in [-0.39, 0.29) is 18.7 Å². The molecule has 0 radical (unpaired) electrons. The van der Waals surface area contributed by atoms with E-state index in [2.05, 4.69) is 20.8 Å². The number of thioether (sulfide) groups is 1. The predicted molar refractivity (Wildman–Crippen MR) is 104 cm³/mol. The zero-order valence-corrected chi connectivity index (χ0v) is 16.9. The summed E-state index contributed by atoms with van der Waals surface area (Å²) in [6.07, 6.45) is 1.67. The second-order valence-corrected chi connectivity index (χ2v) is 7.98. The number of thiophene rings is 1. The van der Waals surface area contributed by atoms with Crippen LogP contribution >= 0.6 is 23.1 Å². The van der Waals surface area contributed by atoms with E-state index in [9.17, 15) is 9.59 Å². The van der Waals surface area contributed by atoms with Crippen molar-refractivity contribution in [2.75, 3.05) is 12.4 Å². The molecule has 0 spiro atoms. The number of nitrogens with one attached hydrogen (secondary N) is 2. The number of aromatic nitrogens is 3. The third kappa shape index (κ3) is 4.33. The number of amides is 2. The lowest BCUT2D eigenvalue weighted by molar-refractivity contribution is -0.139. The van der Waals surface area contributed by atoms with Crippen molar-refractivity contribution in [1.29, 1.82) is 0 Å². The summed E-state index contributed by atoms with van der Waals surface area (Å²) < 4.78 is 7.19. The van der Waals surface area contributed by atoms with Crippen molar-refractivity contribution in [2.24, 2.45) is 0 Å². The van der Waals surface area contributed by atoms with E-state index in [0.717, 1.165) is 10.0 Å². The first-order valence-corrected chi connectivity index (χ1v) is 10.4. The van der Waals surface area contributed by atoms with Gasteiger partial charge < -0.3 is 19.9 Å². The van der Waals surface area contributed by atoms with Gasteiger partial charge in [0, 0.05) is 22.4 Å². The van der Waals surface area contributed by atoms with Crippen LogP contribution in [0.1, 0.15) is 37.7 Å². The fraction of sp³-hybridized carbons (Fsp3) is 0.412. The van der Waals surface area contributed by atoms with Crippen molar-refractivity contribution >= 4 is 35.1 Å². The molecule has 0 saturated carbocycles. The highest BCUT2D eigenvalue weighted by molar-refractivity contribution is 7.99. The van der Waals surface area contributed by atoms with Crippen LogP contribution in [0.2, 0.25) is 0 Å². The molecule has 3 rings (SSSR count). The monoisotopic (exact) mass is 407 g/mol. The van der Waals surface area contributed by atoms with Crippen molar-refractivity contribution in [1.82, 2.24) is 25.4 Å². The zero-order chi connectivity index (χ0) is 19.4. The summed E-state index contributed by atoms with van der Waals surface area (Å²) in [4.78, 5) is 25.7. The number of ether oxygens (including phenoxy) is 1. The fourth-order valence-electron chi connectivity index (χ4n) is 2.68. The average Bonchev–Trinajstić information content (AvgIpc) is 3.31. The molecule has 1 atom stereocenters. The minimum Gasteiger partial charge on any atom is -0.463 e. The Morgan fingerprint density at radius 2 is 2.30 bits per heavy atom. The van der Waals surface area contributed by atoms with Gasteiger partial charge in [0.15, 0.2) is 5.16 Å². The van der Waals surface area contributed by atoms with Gasteiger partial charge in [-0.25, -0.2) is 9.59 Å². The zero-order valence-electron chi connectivity index (χ0n) is 15.3. The summed E-state index contributed by atoms with van der Waals surface area (Å²) in [5.41, 5.74) is 0.945. The van der Waals surface area contributed by atoms with Gasteiger partial charge in [-0.15, -0.1) is 21.5 Å². The molecule has 0 aliphatic carbocycles. The molecule has 1 aliphatic heterocycles. The molecule has 2 amide bonds. The molecule has 0 saturated heterocycles. The maximum Gasteiger partial charge on any atom is 0.338 e. The maximum atomic E-state index is 12.6. The summed E-state index contributed by atoms with van der Waals surface area (Å²) in [6, 6.07) is 3.11. The van der Waals surface area contributed by atoms with Crippen LogP contribution in [0.4, 0.5) is 4.79 Å². The predicted octanol–water partition coefficient (Wildman–Crippen LogP) is 2.88. The SMILES string of the molecule is CCOC(=O)C1=C(CSc2nncn2C(C)C)NC(=O)N[C@H]1c1cccs1. The van der Waals surface area contributed by atoms with Crippen LogP contribution in [-0.2, 0) is 9.53 Å². The quantitative estimate of drug-likeness (QED) is 0.541. The Balaban J connectivity index is 1.93. The van der Waals surface area contributed by atoms with Gasteiger partial charge in [0.1, 0.15) is 6.33 Å². The van der Waals surface area contributed by atoms with Crippen molar-refractivity contribution < 1.29 is 14.3 Å². The van der Waals surface area contributed by atoms with Crippen LogP contribution in [0, 0.1) is 0 Å². The molecule has 10 heteroatoms. The topological polar surface area (TPSA) is 98.1 Å². The lowest BCUT2D eigenvalue weighted by atomic mass is 10.0. The molecule has 144 valence electrons. The Hall–Kier alpha value is -2.33. The van der Waals surface area contributed by atoms with Gasteiger partial charge in [-0.1, -0.05) is 17.8 Å². The first kappa shape index (κ1) is 19.4. The molecular formula is C17H21N5O3S2. The van der Waals surface area contributed by atoms with Crippen LogP contribution < -0.4 is 10.6 Å². The van der Waals surface area contributed by atoms with Crippen LogP contribution in [0.25, 0.3) is 0 Å². The minimum absolute atomic E-state index is 0.211. The van der Waals surface area contributed by atoms with Crippen molar-refractivity contribution in [3.8, 4) is 0 Å². The number of hydrogen-bond donors (Lipinski definition) is 2. The van der Waals surface area contributed by atoms with E-state index in [1.54, 1.807) is 13.3 Å². The van der Waals surface area contributed by atoms with Crippen molar-refractivity contribution in [3.63, 3.8) is 0 Å². The summed E-state index contributed by atoms with van der Waals surface area (Å²) in [7, 11) is 0. The van der Waals surface area contributed by atoms with Gasteiger partial charge in [0.2, 0.25) is 0 Å². The Morgan fingerprint density at radius 1 is 1.48 bits per heavy atom. The summed E-state index contributed by atoms with van der Waals surface area (Å²) in [6.45, 7) is 6.09. The smallest absolute Gasteiger partial charge is 0.338 e. The van der Waals surface area contributed by atoms with Gasteiger partial charge in [-0.3, -0.25) is 0 Å². The van der Waals surface area contributed by atoms with Crippen LogP contribution in [-0.4, -0.2) is 39.1 Å². The number of nitrogens with zero attached hydrogens (tertiary/aromatic N) is 3. The van der Waals surface area contributed by atoms with Gasteiger partial charge in [-0.2, -0.15) is 0 Å². The first-order chi connectivity index (χ1) is 13.0. The Labute approximate surface area is 165 Å². The van der Waals surface area contributed by atoms with E-state index in [1.165, 1.54) is 23.1 Å². The minimum atomic E-state index is -0.531. The molecule has 0 bridgehead atoms. The van der Waals surface area contributed by atoms with Gasteiger partial charge >= 0.3 is 12.0 Å². The number of hydrogen-bond acceptors (Lipinski definition) is 7. The van der Waals surface area contributed by atoms with Crippen LogP contribution in [0.5, 0.6) is 0 Å².